The first-order valence-electron chi connectivity index (χ1n) is 8.17. The summed E-state index contributed by atoms with van der Waals surface area (Å²) >= 11 is 0. The number of carbonyl (C=O) groups is 1. The van der Waals surface area contributed by atoms with E-state index in [-0.39, 0.29) is 25.0 Å². The molecule has 5 atom stereocenters. The zero-order valence-corrected chi connectivity index (χ0v) is 14.1. The maximum absolute atomic E-state index is 14.6. The van der Waals surface area contributed by atoms with Crippen molar-refractivity contribution >= 4 is 30.9 Å². The van der Waals surface area contributed by atoms with E-state index in [4.69, 9.17) is 25.2 Å². The van der Waals surface area contributed by atoms with Crippen LogP contribution in [0.4, 0.5) is 4.39 Å². The van der Waals surface area contributed by atoms with Gasteiger partial charge in [-0.1, -0.05) is 0 Å². The van der Waals surface area contributed by atoms with E-state index in [1.54, 1.807) is 0 Å². The molecule has 5 rings (SSSR count). The lowest BCUT2D eigenvalue weighted by Gasteiger charge is -2.62. The molecule has 0 aromatic rings. The summed E-state index contributed by atoms with van der Waals surface area (Å²) in [5.74, 6) is -1.36. The molecule has 0 aromatic carbocycles. The maximum Gasteiger partial charge on any atom is 0.309 e. The van der Waals surface area contributed by atoms with Crippen molar-refractivity contribution in [2.24, 2.45) is 23.2 Å². The summed E-state index contributed by atoms with van der Waals surface area (Å²) in [5, 5.41) is 8.28. The molecule has 0 amide bonds. The van der Waals surface area contributed by atoms with Gasteiger partial charge in [0.1, 0.15) is 7.85 Å². The highest BCUT2D eigenvalue weighted by Crippen LogP contribution is 2.65. The molecule has 4 bridgehead atoms. The van der Waals surface area contributed by atoms with Crippen molar-refractivity contribution in [3.05, 3.63) is 0 Å². The van der Waals surface area contributed by atoms with Crippen LogP contribution < -0.4 is 0 Å². The number of rotatable bonds is 1. The van der Waals surface area contributed by atoms with E-state index in [2.05, 4.69) is 9.24 Å². The van der Waals surface area contributed by atoms with Gasteiger partial charge in [-0.2, -0.15) is 0 Å². The molecule has 1 heterocycles. The minimum Gasteiger partial charge on any atom is -0.481 e. The van der Waals surface area contributed by atoms with Crippen LogP contribution in [0.5, 0.6) is 0 Å². The van der Waals surface area contributed by atoms with Gasteiger partial charge < -0.3 is 14.6 Å². The lowest BCUT2D eigenvalue weighted by Crippen LogP contribution is -2.65. The Balaban J connectivity index is 1.67. The van der Waals surface area contributed by atoms with E-state index in [1.165, 1.54) is 0 Å². The fraction of sp³-hybridized carbons (Fsp3) is 0.933. The molecule has 1 aliphatic heterocycles. The number of ether oxygens (including phenoxy) is 2. The molecule has 4 aliphatic carbocycles. The molecule has 5 aliphatic rings. The Hall–Kier alpha value is -0.120. The highest BCUT2D eigenvalue weighted by atomic mass is 31.0. The van der Waals surface area contributed by atoms with Gasteiger partial charge in [-0.15, -0.1) is 9.24 Å². The summed E-state index contributed by atoms with van der Waals surface area (Å²) in [6, 6.07) is 0. The lowest BCUT2D eigenvalue weighted by molar-refractivity contribution is -0.341. The molecule has 4 saturated carbocycles. The molecular formula is C15H20B2FO4P. The first-order chi connectivity index (χ1) is 10.6. The summed E-state index contributed by atoms with van der Waals surface area (Å²) in [6.45, 7) is -0.410. The first-order valence-corrected chi connectivity index (χ1v) is 8.75. The number of alkyl halides is 1. The Kier molecular flexibility index (Phi) is 3.37. The molecule has 1 spiro atoms. The van der Waals surface area contributed by atoms with Crippen molar-refractivity contribution in [2.45, 2.75) is 48.5 Å². The van der Waals surface area contributed by atoms with E-state index < -0.39 is 27.8 Å². The van der Waals surface area contributed by atoms with Crippen LogP contribution in [-0.4, -0.2) is 56.4 Å². The minimum atomic E-state index is -2.21. The smallest absolute Gasteiger partial charge is 0.309 e. The zero-order valence-electron chi connectivity index (χ0n) is 13.0. The summed E-state index contributed by atoms with van der Waals surface area (Å²) < 4.78 is 26.6. The third-order valence-electron chi connectivity index (χ3n) is 6.60. The van der Waals surface area contributed by atoms with Gasteiger partial charge in [0.2, 0.25) is 0 Å². The van der Waals surface area contributed by atoms with E-state index in [0.717, 1.165) is 19.3 Å². The number of carboxylic acids is 1. The van der Waals surface area contributed by atoms with Crippen LogP contribution in [0.2, 0.25) is 0 Å². The number of halogens is 1. The van der Waals surface area contributed by atoms with Crippen LogP contribution in [0.1, 0.15) is 32.1 Å². The quantitative estimate of drug-likeness (QED) is 0.578. The Labute approximate surface area is 140 Å². The Bertz CT molecular complexity index is 520. The van der Waals surface area contributed by atoms with Crippen LogP contribution in [0, 0.1) is 23.2 Å². The lowest BCUT2D eigenvalue weighted by atomic mass is 9.47. The normalized spacial score (nSPS) is 58.3. The highest BCUT2D eigenvalue weighted by molar-refractivity contribution is 7.23. The van der Waals surface area contributed by atoms with Gasteiger partial charge in [-0.25, -0.2) is 0 Å². The predicted octanol–water partition coefficient (Wildman–Crippen LogP) is 1.21. The average molecular weight is 336 g/mol. The molecular weight excluding hydrogens is 316 g/mol. The Morgan fingerprint density at radius 2 is 1.70 bits per heavy atom. The van der Waals surface area contributed by atoms with Gasteiger partial charge in [0, 0.05) is 11.8 Å². The van der Waals surface area contributed by atoms with Crippen molar-refractivity contribution < 1.29 is 23.8 Å². The van der Waals surface area contributed by atoms with Crippen molar-refractivity contribution in [3.63, 3.8) is 0 Å². The van der Waals surface area contributed by atoms with Gasteiger partial charge in [0.25, 0.3) is 0 Å². The van der Waals surface area contributed by atoms with E-state index in [9.17, 15) is 14.3 Å². The molecule has 5 fully saturated rings. The van der Waals surface area contributed by atoms with Crippen molar-refractivity contribution in [2.75, 3.05) is 13.2 Å². The first kappa shape index (κ1) is 16.4. The average Bonchev–Trinajstić information content (AvgIpc) is 2.53. The number of aliphatic carboxylic acids is 1. The van der Waals surface area contributed by atoms with Gasteiger partial charge in [0.15, 0.2) is 5.79 Å². The van der Waals surface area contributed by atoms with E-state index in [0.29, 0.717) is 18.8 Å². The molecule has 4 nitrogen and oxygen atoms in total. The maximum atomic E-state index is 14.6. The molecule has 122 valence electrons. The van der Waals surface area contributed by atoms with E-state index in [1.807, 2.05) is 0 Å². The van der Waals surface area contributed by atoms with Crippen LogP contribution >= 0.6 is 9.24 Å². The SMILES string of the molecule is [B]C1(F)COC2(OCC1([B])P)C1CC3CC2CC(C(=O)O)(C3)C1. The molecule has 8 heteroatoms. The van der Waals surface area contributed by atoms with Gasteiger partial charge in [0.05, 0.1) is 32.0 Å². The largest absolute Gasteiger partial charge is 0.481 e. The zero-order chi connectivity index (χ0) is 16.7. The summed E-state index contributed by atoms with van der Waals surface area (Å²) in [7, 11) is 13.9. The minimum absolute atomic E-state index is 0.0421. The second-order valence-corrected chi connectivity index (χ2v) is 9.16. The topological polar surface area (TPSA) is 55.8 Å². The van der Waals surface area contributed by atoms with Crippen molar-refractivity contribution in [3.8, 4) is 0 Å². The molecule has 23 heavy (non-hydrogen) atoms. The van der Waals surface area contributed by atoms with E-state index >= 15 is 0 Å². The third kappa shape index (κ3) is 2.12. The van der Waals surface area contributed by atoms with Crippen molar-refractivity contribution in [1.82, 2.24) is 0 Å². The fourth-order valence-corrected chi connectivity index (χ4v) is 5.57. The van der Waals surface area contributed by atoms with Crippen LogP contribution in [0.15, 0.2) is 0 Å². The fourth-order valence-electron chi connectivity index (χ4n) is 5.41. The summed E-state index contributed by atoms with van der Waals surface area (Å²) in [5.41, 5.74) is -2.88. The number of hydrogen-bond donors (Lipinski definition) is 1. The standard InChI is InChI=1S/C15H20B2FO4P/c16-13(18)6-21-15(22-7-14(13,17)23)9-1-8-2-10(15)5-12(3-8,4-9)11(19)20/h8-10H,1-7,23H2,(H,19,20). The number of carboxylic acid groups (broad SMARTS) is 1. The Morgan fingerprint density at radius 3 is 2.26 bits per heavy atom. The van der Waals surface area contributed by atoms with Crippen LogP contribution in [0.3, 0.4) is 0 Å². The summed E-state index contributed by atoms with van der Waals surface area (Å²) in [4.78, 5) is 11.8. The number of hydrogen-bond acceptors (Lipinski definition) is 3. The van der Waals surface area contributed by atoms with Gasteiger partial charge in [-0.3, -0.25) is 9.18 Å². The van der Waals surface area contributed by atoms with Crippen molar-refractivity contribution in [1.29, 1.82) is 0 Å². The molecule has 1 saturated heterocycles. The highest BCUT2D eigenvalue weighted by Gasteiger charge is 2.67. The second-order valence-electron chi connectivity index (χ2n) is 8.13. The molecule has 5 unspecified atom stereocenters. The van der Waals surface area contributed by atoms with Gasteiger partial charge in [-0.05, 0) is 43.1 Å². The van der Waals surface area contributed by atoms with Crippen LogP contribution in [-0.2, 0) is 14.3 Å². The van der Waals surface area contributed by atoms with Gasteiger partial charge >= 0.3 is 5.97 Å². The molecule has 1 N–H and O–H groups in total. The molecule has 0 aromatic heterocycles. The second kappa shape index (κ2) is 4.74. The predicted molar refractivity (Wildman–Crippen MR) is 86.0 cm³/mol. The monoisotopic (exact) mass is 336 g/mol. The third-order valence-corrected chi connectivity index (χ3v) is 7.25. The van der Waals surface area contributed by atoms with Crippen LogP contribution in [0.25, 0.3) is 0 Å². The Morgan fingerprint density at radius 1 is 1.13 bits per heavy atom. The molecule has 4 radical (unpaired) electrons. The summed E-state index contributed by atoms with van der Waals surface area (Å²) in [6.07, 6.45) is 3.51.